The predicted octanol–water partition coefficient (Wildman–Crippen LogP) is 2.66. The molecule has 0 spiro atoms. The molecule has 2 heterocycles. The van der Waals surface area contributed by atoms with Crippen molar-refractivity contribution < 1.29 is 4.79 Å². The van der Waals surface area contributed by atoms with Crippen LogP contribution in [-0.4, -0.2) is 41.1 Å². The van der Waals surface area contributed by atoms with Gasteiger partial charge in [-0.05, 0) is 37.0 Å². The quantitative estimate of drug-likeness (QED) is 0.908. The highest BCUT2D eigenvalue weighted by molar-refractivity contribution is 7.99. The van der Waals surface area contributed by atoms with Crippen LogP contribution in [0, 0.1) is 0 Å². The molecule has 3 nitrogen and oxygen atoms in total. The molecule has 2 saturated heterocycles. The molecule has 21 heavy (non-hydrogen) atoms. The first kappa shape index (κ1) is 14.9. The Kier molecular flexibility index (Phi) is 5.20. The summed E-state index contributed by atoms with van der Waals surface area (Å²) in [5.74, 6) is 1.56. The van der Waals surface area contributed by atoms with E-state index in [1.54, 1.807) is 0 Å². The molecule has 2 fully saturated rings. The molecule has 2 aliphatic rings. The van der Waals surface area contributed by atoms with Gasteiger partial charge in [0.2, 0.25) is 5.91 Å². The predicted molar refractivity (Wildman–Crippen MR) is 88.4 cm³/mol. The summed E-state index contributed by atoms with van der Waals surface area (Å²) in [6.07, 6.45) is 5.80. The summed E-state index contributed by atoms with van der Waals surface area (Å²) < 4.78 is 0. The second-order valence-corrected chi connectivity index (χ2v) is 7.40. The van der Waals surface area contributed by atoms with Gasteiger partial charge in [-0.2, -0.15) is 11.8 Å². The lowest BCUT2D eigenvalue weighted by Crippen LogP contribution is -2.36. The van der Waals surface area contributed by atoms with Gasteiger partial charge in [0, 0.05) is 11.8 Å². The molecule has 1 aromatic rings. The van der Waals surface area contributed by atoms with Crippen LogP contribution in [0.15, 0.2) is 30.3 Å². The van der Waals surface area contributed by atoms with Gasteiger partial charge in [-0.15, -0.1) is 0 Å². The zero-order valence-corrected chi connectivity index (χ0v) is 13.3. The van der Waals surface area contributed by atoms with Crippen molar-refractivity contribution in [2.24, 2.45) is 0 Å². The summed E-state index contributed by atoms with van der Waals surface area (Å²) in [5, 5.41) is 4.03. The van der Waals surface area contributed by atoms with Gasteiger partial charge in [0.15, 0.2) is 0 Å². The summed E-state index contributed by atoms with van der Waals surface area (Å²) in [4.78, 5) is 14.5. The normalized spacial score (nSPS) is 26.3. The first-order valence-corrected chi connectivity index (χ1v) is 9.05. The molecule has 0 aromatic heterocycles. The molecule has 1 aromatic carbocycles. The molecule has 2 atom stereocenters. The van der Waals surface area contributed by atoms with Gasteiger partial charge in [0.25, 0.3) is 0 Å². The number of rotatable bonds is 5. The van der Waals surface area contributed by atoms with Crippen LogP contribution in [0.25, 0.3) is 0 Å². The molecular weight excluding hydrogens is 280 g/mol. The molecule has 114 valence electrons. The topological polar surface area (TPSA) is 32.3 Å². The zero-order valence-electron chi connectivity index (χ0n) is 12.5. The molecule has 1 N–H and O–H groups in total. The highest BCUT2D eigenvalue weighted by atomic mass is 32.2. The van der Waals surface area contributed by atoms with Crippen molar-refractivity contribution in [3.8, 4) is 0 Å². The monoisotopic (exact) mass is 304 g/mol. The van der Waals surface area contributed by atoms with Gasteiger partial charge < -0.3 is 4.90 Å². The van der Waals surface area contributed by atoms with E-state index in [2.05, 4.69) is 29.6 Å². The minimum atomic E-state index is 0.0128. The Labute approximate surface area is 131 Å². The van der Waals surface area contributed by atoms with Crippen molar-refractivity contribution in [1.82, 2.24) is 10.2 Å². The Hall–Kier alpha value is -1.00. The fraction of sp³-hybridized carbons (Fsp3) is 0.588. The Morgan fingerprint density at radius 2 is 2.10 bits per heavy atom. The lowest BCUT2D eigenvalue weighted by atomic mass is 10.1. The number of hydrogen-bond acceptors (Lipinski definition) is 3. The fourth-order valence-corrected chi connectivity index (χ4v) is 4.46. The zero-order chi connectivity index (χ0) is 14.5. The molecule has 1 amide bonds. The standard InChI is InChI=1S/C17H24N2OS/c20-17-16(10-9-14-6-2-1-3-7-14)18-13-19(17)12-15-8-4-5-11-21-15/h1-3,6-7,15-16,18H,4-5,8-13H2. The molecule has 3 rings (SSSR count). The number of nitrogens with zero attached hydrogens (tertiary/aromatic N) is 1. The van der Waals surface area contributed by atoms with E-state index in [9.17, 15) is 4.79 Å². The summed E-state index contributed by atoms with van der Waals surface area (Å²) in [6.45, 7) is 1.66. The fourth-order valence-electron chi connectivity index (χ4n) is 3.14. The maximum Gasteiger partial charge on any atom is 0.240 e. The van der Waals surface area contributed by atoms with Crippen molar-refractivity contribution in [2.45, 2.75) is 43.4 Å². The smallest absolute Gasteiger partial charge is 0.240 e. The van der Waals surface area contributed by atoms with E-state index >= 15 is 0 Å². The molecule has 2 unspecified atom stereocenters. The van der Waals surface area contributed by atoms with Crippen LogP contribution in [0.1, 0.15) is 31.2 Å². The Morgan fingerprint density at radius 3 is 2.86 bits per heavy atom. The van der Waals surface area contributed by atoms with Crippen molar-refractivity contribution in [3.05, 3.63) is 35.9 Å². The van der Waals surface area contributed by atoms with E-state index in [1.165, 1.54) is 30.6 Å². The van der Waals surface area contributed by atoms with Gasteiger partial charge in [0.1, 0.15) is 0 Å². The van der Waals surface area contributed by atoms with Crippen LogP contribution in [0.2, 0.25) is 0 Å². The minimum Gasteiger partial charge on any atom is -0.327 e. The van der Waals surface area contributed by atoms with Crippen molar-refractivity contribution >= 4 is 17.7 Å². The molecular formula is C17H24N2OS. The van der Waals surface area contributed by atoms with E-state index in [4.69, 9.17) is 0 Å². The molecule has 0 saturated carbocycles. The first-order chi connectivity index (χ1) is 10.3. The molecule has 0 radical (unpaired) electrons. The second kappa shape index (κ2) is 7.32. The van der Waals surface area contributed by atoms with E-state index in [-0.39, 0.29) is 6.04 Å². The van der Waals surface area contributed by atoms with E-state index in [0.717, 1.165) is 26.1 Å². The van der Waals surface area contributed by atoms with E-state index < -0.39 is 0 Å². The van der Waals surface area contributed by atoms with Crippen LogP contribution in [0.4, 0.5) is 0 Å². The largest absolute Gasteiger partial charge is 0.327 e. The Morgan fingerprint density at radius 1 is 1.24 bits per heavy atom. The van der Waals surface area contributed by atoms with E-state index in [0.29, 0.717) is 11.2 Å². The van der Waals surface area contributed by atoms with Crippen LogP contribution in [-0.2, 0) is 11.2 Å². The van der Waals surface area contributed by atoms with Crippen LogP contribution < -0.4 is 5.32 Å². The van der Waals surface area contributed by atoms with Gasteiger partial charge in [-0.3, -0.25) is 10.1 Å². The minimum absolute atomic E-state index is 0.0128. The Balaban J connectivity index is 1.47. The molecule has 0 aliphatic carbocycles. The third-order valence-electron chi connectivity index (χ3n) is 4.40. The maximum atomic E-state index is 12.5. The van der Waals surface area contributed by atoms with Gasteiger partial charge >= 0.3 is 0 Å². The maximum absolute atomic E-state index is 12.5. The van der Waals surface area contributed by atoms with E-state index in [1.807, 2.05) is 22.7 Å². The number of hydrogen-bond donors (Lipinski definition) is 1. The number of aryl methyl sites for hydroxylation is 1. The van der Waals surface area contributed by atoms with Gasteiger partial charge in [-0.1, -0.05) is 36.8 Å². The second-order valence-electron chi connectivity index (χ2n) is 5.99. The lowest BCUT2D eigenvalue weighted by Gasteiger charge is -2.26. The molecule has 0 bridgehead atoms. The third kappa shape index (κ3) is 4.01. The molecule has 2 aliphatic heterocycles. The highest BCUT2D eigenvalue weighted by Crippen LogP contribution is 2.26. The number of nitrogens with one attached hydrogen (secondary N) is 1. The number of benzene rings is 1. The summed E-state index contributed by atoms with van der Waals surface area (Å²) in [6, 6.07) is 10.4. The SMILES string of the molecule is O=C1C(CCc2ccccc2)NCN1CC1CCCCS1. The van der Waals surface area contributed by atoms with Crippen LogP contribution in [0.5, 0.6) is 0 Å². The average Bonchev–Trinajstić information content (AvgIpc) is 2.88. The summed E-state index contributed by atoms with van der Waals surface area (Å²) in [5.41, 5.74) is 1.31. The Bertz CT molecular complexity index is 459. The van der Waals surface area contributed by atoms with Crippen molar-refractivity contribution in [1.29, 1.82) is 0 Å². The number of carbonyl (C=O) groups excluding carboxylic acids is 1. The third-order valence-corrected chi connectivity index (χ3v) is 5.78. The first-order valence-electron chi connectivity index (χ1n) is 8.00. The van der Waals surface area contributed by atoms with Gasteiger partial charge in [-0.25, -0.2) is 0 Å². The highest BCUT2D eigenvalue weighted by Gasteiger charge is 2.32. The molecule has 4 heteroatoms. The van der Waals surface area contributed by atoms with Crippen LogP contribution >= 0.6 is 11.8 Å². The van der Waals surface area contributed by atoms with Gasteiger partial charge in [0.05, 0.1) is 12.7 Å². The number of thioether (sulfide) groups is 1. The van der Waals surface area contributed by atoms with Crippen molar-refractivity contribution in [3.63, 3.8) is 0 Å². The lowest BCUT2D eigenvalue weighted by molar-refractivity contribution is -0.129. The van der Waals surface area contributed by atoms with Crippen molar-refractivity contribution in [2.75, 3.05) is 19.0 Å². The average molecular weight is 304 g/mol. The summed E-state index contributed by atoms with van der Waals surface area (Å²) >= 11 is 2.04. The number of amides is 1. The number of carbonyl (C=O) groups is 1. The van der Waals surface area contributed by atoms with Crippen LogP contribution in [0.3, 0.4) is 0 Å². The summed E-state index contributed by atoms with van der Waals surface area (Å²) in [7, 11) is 0.